The van der Waals surface area contributed by atoms with Gasteiger partial charge in [-0.2, -0.15) is 0 Å². The number of amides is 1. The lowest BCUT2D eigenvalue weighted by Gasteiger charge is -2.49. The number of nitrogens with one attached hydrogen (secondary N) is 1. The van der Waals surface area contributed by atoms with Crippen LogP contribution in [-0.2, 0) is 0 Å². The first-order valence-corrected chi connectivity index (χ1v) is 8.48. The first-order chi connectivity index (χ1) is 10.2. The number of carbonyl (C=O) groups is 1. The van der Waals surface area contributed by atoms with Crippen LogP contribution >= 0.6 is 11.3 Å². The average molecular weight is 301 g/mol. The quantitative estimate of drug-likeness (QED) is 0.927. The molecule has 1 amide bonds. The Morgan fingerprint density at radius 3 is 2.95 bits per heavy atom. The Morgan fingerprint density at radius 1 is 1.38 bits per heavy atom. The molecule has 1 aromatic heterocycles. The summed E-state index contributed by atoms with van der Waals surface area (Å²) in [5.41, 5.74) is 3.45. The van der Waals surface area contributed by atoms with Crippen molar-refractivity contribution in [1.29, 1.82) is 0 Å². The van der Waals surface area contributed by atoms with E-state index in [4.69, 9.17) is 0 Å². The van der Waals surface area contributed by atoms with Crippen LogP contribution in [0.15, 0.2) is 23.7 Å². The van der Waals surface area contributed by atoms with Gasteiger partial charge in [-0.05, 0) is 57.0 Å². The molecule has 1 N–H and O–H groups in total. The third-order valence-electron chi connectivity index (χ3n) is 5.07. The SMILES string of the molecule is CC1C(NC(=O)c2ccc3scnc3c2)C2CCN1CC2. The van der Waals surface area contributed by atoms with E-state index >= 15 is 0 Å². The maximum absolute atomic E-state index is 12.5. The van der Waals surface area contributed by atoms with Gasteiger partial charge in [0.15, 0.2) is 0 Å². The molecule has 1 aromatic carbocycles. The average Bonchev–Trinajstić information content (AvgIpc) is 2.98. The summed E-state index contributed by atoms with van der Waals surface area (Å²) in [4.78, 5) is 19.3. The summed E-state index contributed by atoms with van der Waals surface area (Å²) < 4.78 is 1.13. The normalized spacial score (nSPS) is 31.5. The van der Waals surface area contributed by atoms with Crippen molar-refractivity contribution in [3.63, 3.8) is 0 Å². The van der Waals surface area contributed by atoms with E-state index in [0.717, 1.165) is 15.8 Å². The van der Waals surface area contributed by atoms with Crippen molar-refractivity contribution in [2.45, 2.75) is 31.8 Å². The van der Waals surface area contributed by atoms with Crippen LogP contribution in [0, 0.1) is 5.92 Å². The first-order valence-electron chi connectivity index (χ1n) is 7.60. The van der Waals surface area contributed by atoms with Crippen LogP contribution in [0.4, 0.5) is 0 Å². The molecule has 0 aliphatic carbocycles. The van der Waals surface area contributed by atoms with Crippen LogP contribution < -0.4 is 5.32 Å². The number of hydrogen-bond donors (Lipinski definition) is 1. The van der Waals surface area contributed by atoms with Gasteiger partial charge in [0.2, 0.25) is 0 Å². The van der Waals surface area contributed by atoms with E-state index in [1.807, 2.05) is 23.7 Å². The lowest BCUT2D eigenvalue weighted by molar-refractivity contribution is 0.0217. The molecule has 5 rings (SSSR count). The third kappa shape index (κ3) is 2.24. The van der Waals surface area contributed by atoms with Gasteiger partial charge in [-0.1, -0.05) is 0 Å². The van der Waals surface area contributed by atoms with Gasteiger partial charge in [0.1, 0.15) is 0 Å². The Balaban J connectivity index is 1.54. The lowest BCUT2D eigenvalue weighted by Crippen LogP contribution is -2.62. The first kappa shape index (κ1) is 13.2. The summed E-state index contributed by atoms with van der Waals surface area (Å²) in [6.07, 6.45) is 2.42. The minimum atomic E-state index is 0.0375. The number of rotatable bonds is 2. The minimum absolute atomic E-state index is 0.0375. The molecule has 2 unspecified atom stereocenters. The Kier molecular flexibility index (Phi) is 3.19. The highest BCUT2D eigenvalue weighted by Crippen LogP contribution is 2.32. The van der Waals surface area contributed by atoms with Crippen LogP contribution in [0.25, 0.3) is 10.2 Å². The van der Waals surface area contributed by atoms with E-state index in [1.54, 1.807) is 11.3 Å². The van der Waals surface area contributed by atoms with E-state index in [-0.39, 0.29) is 11.9 Å². The van der Waals surface area contributed by atoms with Crippen LogP contribution in [0.5, 0.6) is 0 Å². The zero-order chi connectivity index (χ0) is 14.4. The molecule has 3 saturated heterocycles. The fourth-order valence-electron chi connectivity index (χ4n) is 3.78. The Hall–Kier alpha value is -1.46. The lowest BCUT2D eigenvalue weighted by atomic mass is 9.79. The number of benzene rings is 1. The maximum Gasteiger partial charge on any atom is 0.251 e. The molecule has 2 atom stereocenters. The molecule has 0 radical (unpaired) electrons. The van der Waals surface area contributed by atoms with Crippen LogP contribution in [0.1, 0.15) is 30.1 Å². The molecular weight excluding hydrogens is 282 g/mol. The predicted molar refractivity (Wildman–Crippen MR) is 84.6 cm³/mol. The second kappa shape index (κ2) is 5.07. The fourth-order valence-corrected chi connectivity index (χ4v) is 4.44. The van der Waals surface area contributed by atoms with Gasteiger partial charge in [0.25, 0.3) is 5.91 Å². The van der Waals surface area contributed by atoms with Gasteiger partial charge < -0.3 is 5.32 Å². The maximum atomic E-state index is 12.5. The van der Waals surface area contributed by atoms with Gasteiger partial charge in [0.05, 0.1) is 15.7 Å². The highest BCUT2D eigenvalue weighted by Gasteiger charge is 2.40. The number of nitrogens with zero attached hydrogens (tertiary/aromatic N) is 2. The fraction of sp³-hybridized carbons (Fsp3) is 0.500. The molecule has 2 aromatic rings. The third-order valence-corrected chi connectivity index (χ3v) is 5.88. The van der Waals surface area contributed by atoms with Crippen molar-refractivity contribution < 1.29 is 4.79 Å². The summed E-state index contributed by atoms with van der Waals surface area (Å²) in [6, 6.07) is 6.52. The number of thiazole rings is 1. The van der Waals surface area contributed by atoms with E-state index in [9.17, 15) is 4.79 Å². The highest BCUT2D eigenvalue weighted by atomic mass is 32.1. The Bertz CT molecular complexity index is 673. The molecule has 2 bridgehead atoms. The van der Waals surface area contributed by atoms with Crippen molar-refractivity contribution in [1.82, 2.24) is 15.2 Å². The zero-order valence-electron chi connectivity index (χ0n) is 12.1. The van der Waals surface area contributed by atoms with Crippen molar-refractivity contribution in [3.05, 3.63) is 29.3 Å². The van der Waals surface area contributed by atoms with E-state index in [2.05, 4.69) is 22.1 Å². The van der Waals surface area contributed by atoms with Crippen LogP contribution in [0.2, 0.25) is 0 Å². The topological polar surface area (TPSA) is 45.2 Å². The molecule has 0 saturated carbocycles. The molecule has 3 aliphatic heterocycles. The number of fused-ring (bicyclic) bond motifs is 4. The van der Waals surface area contributed by atoms with Crippen LogP contribution in [0.3, 0.4) is 0 Å². The smallest absolute Gasteiger partial charge is 0.251 e. The molecule has 0 spiro atoms. The molecule has 21 heavy (non-hydrogen) atoms. The summed E-state index contributed by atoms with van der Waals surface area (Å²) in [7, 11) is 0. The standard InChI is InChI=1S/C16H19N3OS/c1-10-15(11-4-6-19(10)7-5-11)18-16(20)12-2-3-14-13(8-12)17-9-21-14/h2-3,8-11,15H,4-7H2,1H3,(H,18,20). The molecule has 110 valence electrons. The van der Waals surface area contributed by atoms with Crippen LogP contribution in [-0.4, -0.2) is 41.0 Å². The summed E-state index contributed by atoms with van der Waals surface area (Å²) in [6.45, 7) is 4.60. The van der Waals surface area contributed by atoms with Gasteiger partial charge in [-0.15, -0.1) is 11.3 Å². The van der Waals surface area contributed by atoms with Gasteiger partial charge >= 0.3 is 0 Å². The largest absolute Gasteiger partial charge is 0.347 e. The monoisotopic (exact) mass is 301 g/mol. The number of aromatic nitrogens is 1. The minimum Gasteiger partial charge on any atom is -0.347 e. The van der Waals surface area contributed by atoms with E-state index in [1.165, 1.54) is 25.9 Å². The van der Waals surface area contributed by atoms with Crippen molar-refractivity contribution in [3.8, 4) is 0 Å². The molecule has 4 nitrogen and oxygen atoms in total. The Labute approximate surface area is 128 Å². The second-order valence-electron chi connectivity index (χ2n) is 6.15. The predicted octanol–water partition coefficient (Wildman–Crippen LogP) is 2.51. The summed E-state index contributed by atoms with van der Waals surface area (Å²) in [5, 5.41) is 3.27. The van der Waals surface area contributed by atoms with E-state index in [0.29, 0.717) is 12.0 Å². The van der Waals surface area contributed by atoms with Gasteiger partial charge in [0, 0.05) is 17.6 Å². The molecule has 3 aliphatic rings. The number of hydrogen-bond acceptors (Lipinski definition) is 4. The van der Waals surface area contributed by atoms with Crippen molar-refractivity contribution >= 4 is 27.5 Å². The van der Waals surface area contributed by atoms with Gasteiger partial charge in [-0.3, -0.25) is 9.69 Å². The van der Waals surface area contributed by atoms with Crippen molar-refractivity contribution in [2.24, 2.45) is 5.92 Å². The highest BCUT2D eigenvalue weighted by molar-refractivity contribution is 7.16. The molecular formula is C16H19N3OS. The zero-order valence-corrected chi connectivity index (χ0v) is 12.9. The Morgan fingerprint density at radius 2 is 2.19 bits per heavy atom. The van der Waals surface area contributed by atoms with E-state index < -0.39 is 0 Å². The van der Waals surface area contributed by atoms with Crippen molar-refractivity contribution in [2.75, 3.05) is 13.1 Å². The molecule has 4 heterocycles. The molecule has 5 heteroatoms. The number of piperidine rings is 3. The number of carbonyl (C=O) groups excluding carboxylic acids is 1. The second-order valence-corrected chi connectivity index (χ2v) is 7.03. The van der Waals surface area contributed by atoms with Gasteiger partial charge in [-0.25, -0.2) is 4.98 Å². The molecule has 3 fully saturated rings. The summed E-state index contributed by atoms with van der Waals surface area (Å²) in [5.74, 6) is 0.674. The summed E-state index contributed by atoms with van der Waals surface area (Å²) >= 11 is 1.60.